The Morgan fingerprint density at radius 2 is 1.69 bits per heavy atom. The van der Waals surface area contributed by atoms with Crippen molar-refractivity contribution >= 4 is 11.9 Å². The molecule has 9 atom stereocenters. The molecule has 4 heteroatoms. The molecule has 0 bridgehead atoms. The number of hydrogen-bond acceptors (Lipinski definition) is 3. The quantitative estimate of drug-likeness (QED) is 0.267. The molecule has 35 heavy (non-hydrogen) atoms. The summed E-state index contributed by atoms with van der Waals surface area (Å²) in [6, 6.07) is 0. The van der Waals surface area contributed by atoms with Crippen molar-refractivity contribution in [2.75, 3.05) is 0 Å². The van der Waals surface area contributed by atoms with E-state index in [1.165, 1.54) is 51.4 Å². The van der Waals surface area contributed by atoms with Crippen molar-refractivity contribution in [2.45, 2.75) is 124 Å². The van der Waals surface area contributed by atoms with Crippen molar-refractivity contribution in [3.05, 3.63) is 6.42 Å². The maximum absolute atomic E-state index is 12.1. The minimum atomic E-state index is -0.937. The van der Waals surface area contributed by atoms with Crippen molar-refractivity contribution in [3.63, 3.8) is 0 Å². The third-order valence-corrected chi connectivity index (χ3v) is 11.4. The summed E-state index contributed by atoms with van der Waals surface area (Å²) < 4.78 is 5.72. The molecule has 4 rings (SSSR count). The average molecular weight is 488 g/mol. The number of hydrogen-bond donors (Lipinski definition) is 1. The van der Waals surface area contributed by atoms with Crippen LogP contribution >= 0.6 is 0 Å². The van der Waals surface area contributed by atoms with Crippen LogP contribution in [0.2, 0.25) is 0 Å². The fourth-order valence-corrected chi connectivity index (χ4v) is 9.50. The largest absolute Gasteiger partial charge is 0.481 e. The molecule has 0 spiro atoms. The first kappa shape index (κ1) is 27.0. The van der Waals surface area contributed by atoms with Gasteiger partial charge in [-0.2, -0.15) is 12.3 Å². The summed E-state index contributed by atoms with van der Waals surface area (Å²) >= 11 is 0. The number of esters is 1. The molecule has 200 valence electrons. The summed E-state index contributed by atoms with van der Waals surface area (Å²) in [5.74, 6) is 4.31. The Hall–Kier alpha value is -1.06. The number of rotatable bonds is 9. The molecule has 0 aromatic carbocycles. The third-order valence-electron chi connectivity index (χ3n) is 11.4. The second kappa shape index (κ2) is 10.7. The van der Waals surface area contributed by atoms with Gasteiger partial charge >= 0.3 is 11.9 Å². The molecule has 0 saturated heterocycles. The number of carbonyl (C=O) groups excluding carboxylic acids is 1. The Kier molecular flexibility index (Phi) is 8.28. The lowest BCUT2D eigenvalue weighted by Gasteiger charge is -2.65. The lowest BCUT2D eigenvalue weighted by atomic mass is 9.44. The van der Waals surface area contributed by atoms with Gasteiger partial charge < -0.3 is 16.3 Å². The minimum Gasteiger partial charge on any atom is -0.481 e. The third kappa shape index (κ3) is 5.47. The van der Waals surface area contributed by atoms with Gasteiger partial charge in [0.25, 0.3) is 0 Å². The van der Waals surface area contributed by atoms with Crippen LogP contribution in [0.15, 0.2) is 0 Å². The van der Waals surface area contributed by atoms with Crippen LogP contribution in [-0.4, -0.2) is 23.1 Å². The fourth-order valence-electron chi connectivity index (χ4n) is 9.50. The Morgan fingerprint density at radius 1 is 0.971 bits per heavy atom. The van der Waals surface area contributed by atoms with Crippen LogP contribution in [0.3, 0.4) is 0 Å². The monoisotopic (exact) mass is 487 g/mol. The van der Waals surface area contributed by atoms with E-state index in [9.17, 15) is 9.59 Å². The van der Waals surface area contributed by atoms with Crippen LogP contribution in [0.25, 0.3) is 0 Å². The highest BCUT2D eigenvalue weighted by molar-refractivity contribution is 5.76. The molecule has 0 aliphatic heterocycles. The minimum absolute atomic E-state index is 0.0144. The first-order chi connectivity index (χ1) is 16.5. The summed E-state index contributed by atoms with van der Waals surface area (Å²) in [5, 5.41) is 8.84. The van der Waals surface area contributed by atoms with Gasteiger partial charge in [-0.25, -0.2) is 0 Å². The Labute approximate surface area is 214 Å². The van der Waals surface area contributed by atoms with Gasteiger partial charge in [-0.15, -0.1) is 0 Å². The first-order valence-electron chi connectivity index (χ1n) is 14.8. The molecular formula is C31H51O4-. The summed E-state index contributed by atoms with van der Waals surface area (Å²) in [6.45, 7) is 12.4. The Balaban J connectivity index is 1.37. The first-order valence-corrected chi connectivity index (χ1v) is 14.8. The summed E-state index contributed by atoms with van der Waals surface area (Å²) in [5.41, 5.74) is 0.849. The van der Waals surface area contributed by atoms with Crippen LogP contribution in [-0.2, 0) is 14.3 Å². The van der Waals surface area contributed by atoms with E-state index in [1.807, 2.05) is 0 Å². The van der Waals surface area contributed by atoms with Crippen LogP contribution in [0.1, 0.15) is 118 Å². The van der Waals surface area contributed by atoms with Gasteiger partial charge in [0.15, 0.2) is 0 Å². The summed E-state index contributed by atoms with van der Waals surface area (Å²) in [7, 11) is 0. The number of carboxylic acid groups (broad SMARTS) is 1. The zero-order chi connectivity index (χ0) is 25.4. The topological polar surface area (TPSA) is 63.6 Å². The van der Waals surface area contributed by atoms with Gasteiger partial charge in [-0.1, -0.05) is 65.2 Å². The zero-order valence-electron chi connectivity index (χ0n) is 23.1. The van der Waals surface area contributed by atoms with Crippen molar-refractivity contribution in [1.29, 1.82) is 0 Å². The van der Waals surface area contributed by atoms with Crippen molar-refractivity contribution in [3.8, 4) is 0 Å². The number of aliphatic carboxylic acids is 1. The second-order valence-corrected chi connectivity index (χ2v) is 13.8. The Morgan fingerprint density at radius 3 is 2.40 bits per heavy atom. The van der Waals surface area contributed by atoms with E-state index < -0.39 is 5.97 Å². The molecule has 0 radical (unpaired) electrons. The van der Waals surface area contributed by atoms with Crippen molar-refractivity contribution < 1.29 is 19.4 Å². The molecule has 4 aliphatic rings. The number of ether oxygens (including phenoxy) is 1. The van der Waals surface area contributed by atoms with Crippen molar-refractivity contribution in [1.82, 2.24) is 0 Å². The molecule has 4 aliphatic carbocycles. The maximum atomic E-state index is 12.1. The lowest BCUT2D eigenvalue weighted by molar-refractivity contribution is -0.160. The molecule has 4 fully saturated rings. The van der Waals surface area contributed by atoms with Gasteiger partial charge in [-0.3, -0.25) is 9.59 Å². The highest BCUT2D eigenvalue weighted by atomic mass is 16.5. The molecule has 0 aromatic rings. The van der Waals surface area contributed by atoms with E-state index in [-0.39, 0.29) is 24.9 Å². The normalized spacial score (nSPS) is 41.5. The van der Waals surface area contributed by atoms with Crippen LogP contribution in [0.5, 0.6) is 0 Å². The van der Waals surface area contributed by atoms with E-state index in [2.05, 4.69) is 41.0 Å². The molecule has 0 unspecified atom stereocenters. The standard InChI is InChI=1S/C31H51O4/c1-20(2)7-6-8-21(3)25-11-12-26-24-10-9-22-19-23(35-29(34)14-13-28(32)33)15-17-30(22,4)27(24)16-18-31(25,26)5/h9,20-27H,6-8,10-19H2,1-5H3,(H,32,33)/q-1/t21-,22-,23+,24+,25-,26+,27+,30+,31-/m1/s1. The predicted octanol–water partition coefficient (Wildman–Crippen LogP) is 7.70. The van der Waals surface area contributed by atoms with E-state index in [0.717, 1.165) is 54.8 Å². The number of carboxylic acids is 1. The van der Waals surface area contributed by atoms with Gasteiger partial charge in [0.2, 0.25) is 0 Å². The van der Waals surface area contributed by atoms with Crippen LogP contribution in [0.4, 0.5) is 0 Å². The molecular weight excluding hydrogens is 436 g/mol. The van der Waals surface area contributed by atoms with E-state index >= 15 is 0 Å². The van der Waals surface area contributed by atoms with Gasteiger partial charge in [0, 0.05) is 0 Å². The van der Waals surface area contributed by atoms with Gasteiger partial charge in [0.05, 0.1) is 18.9 Å². The highest BCUT2D eigenvalue weighted by Crippen LogP contribution is 2.68. The van der Waals surface area contributed by atoms with Crippen LogP contribution < -0.4 is 0 Å². The predicted molar refractivity (Wildman–Crippen MR) is 140 cm³/mol. The van der Waals surface area contributed by atoms with E-state index in [1.54, 1.807) is 0 Å². The summed E-state index contributed by atoms with van der Waals surface area (Å²) in [6.07, 6.45) is 16.4. The molecule has 4 nitrogen and oxygen atoms in total. The highest BCUT2D eigenvalue weighted by Gasteiger charge is 2.58. The fraction of sp³-hybridized carbons (Fsp3) is 0.903. The van der Waals surface area contributed by atoms with E-state index in [4.69, 9.17) is 9.84 Å². The zero-order valence-corrected chi connectivity index (χ0v) is 23.1. The molecule has 4 saturated carbocycles. The smallest absolute Gasteiger partial charge is 0.306 e. The van der Waals surface area contributed by atoms with Crippen LogP contribution in [0, 0.1) is 58.7 Å². The average Bonchev–Trinajstić information content (AvgIpc) is 3.15. The molecule has 0 heterocycles. The SMILES string of the molecule is CC(C)CCC[C@@H](C)[C@H]1CC[C@H]2[C@@H]3C[CH-][C@@H]4C[C@@H](OC(=O)CCC(=O)O)CC[C@]4(C)[C@H]3CC[C@]12C. The maximum Gasteiger partial charge on any atom is 0.306 e. The lowest BCUT2D eigenvalue weighted by Crippen LogP contribution is -2.54. The second-order valence-electron chi connectivity index (χ2n) is 13.8. The number of carbonyl (C=O) groups is 2. The number of fused-ring (bicyclic) bond motifs is 5. The molecule has 0 amide bonds. The molecule has 1 N–H and O–H groups in total. The van der Waals surface area contributed by atoms with E-state index in [0.29, 0.717) is 16.7 Å². The van der Waals surface area contributed by atoms with Gasteiger partial charge in [0.1, 0.15) is 0 Å². The van der Waals surface area contributed by atoms with Crippen molar-refractivity contribution in [2.24, 2.45) is 52.3 Å². The summed E-state index contributed by atoms with van der Waals surface area (Å²) in [4.78, 5) is 22.9. The molecule has 0 aromatic heterocycles. The van der Waals surface area contributed by atoms with Gasteiger partial charge in [-0.05, 0) is 80.0 Å². The Bertz CT molecular complexity index is 761.